The summed E-state index contributed by atoms with van der Waals surface area (Å²) in [5.74, 6) is -1.93. The Morgan fingerprint density at radius 2 is 1.90 bits per heavy atom. The standard InChI is InChI=1S/C11H9ClF4N2O2/c1-5(12)9(19)18-10(20)17-8-4-6(11(14,15)16)2-3-7(8)13/h2-5H,1H3,(H2,17,18,19,20). The Kier molecular flexibility index (Phi) is 4.93. The third kappa shape index (κ3) is 4.37. The number of carbonyl (C=O) groups is 2. The Morgan fingerprint density at radius 3 is 2.40 bits per heavy atom. The van der Waals surface area contributed by atoms with E-state index in [1.54, 1.807) is 10.6 Å². The Morgan fingerprint density at radius 1 is 1.30 bits per heavy atom. The highest BCUT2D eigenvalue weighted by Crippen LogP contribution is 2.31. The van der Waals surface area contributed by atoms with E-state index in [0.29, 0.717) is 18.2 Å². The van der Waals surface area contributed by atoms with Crippen LogP contribution in [0, 0.1) is 5.82 Å². The lowest BCUT2D eigenvalue weighted by molar-refractivity contribution is -0.137. The molecule has 0 bridgehead atoms. The molecule has 1 aromatic carbocycles. The molecule has 0 saturated carbocycles. The van der Waals surface area contributed by atoms with Crippen LogP contribution < -0.4 is 10.6 Å². The molecule has 1 aromatic rings. The van der Waals surface area contributed by atoms with Crippen molar-refractivity contribution >= 4 is 29.2 Å². The Labute approximate surface area is 116 Å². The predicted molar refractivity (Wildman–Crippen MR) is 63.9 cm³/mol. The van der Waals surface area contributed by atoms with Gasteiger partial charge in [0.25, 0.3) is 0 Å². The van der Waals surface area contributed by atoms with E-state index in [1.165, 1.54) is 6.92 Å². The number of benzene rings is 1. The van der Waals surface area contributed by atoms with Gasteiger partial charge in [-0.1, -0.05) is 0 Å². The fourth-order valence-corrected chi connectivity index (χ4v) is 1.22. The largest absolute Gasteiger partial charge is 0.416 e. The van der Waals surface area contributed by atoms with E-state index < -0.39 is 40.6 Å². The molecular formula is C11H9ClF4N2O2. The van der Waals surface area contributed by atoms with Crippen LogP contribution in [0.5, 0.6) is 0 Å². The number of hydrogen-bond acceptors (Lipinski definition) is 2. The third-order valence-corrected chi connectivity index (χ3v) is 2.34. The quantitative estimate of drug-likeness (QED) is 0.651. The second kappa shape index (κ2) is 6.08. The topological polar surface area (TPSA) is 58.2 Å². The molecule has 1 unspecified atom stereocenters. The summed E-state index contributed by atoms with van der Waals surface area (Å²) in [5.41, 5.74) is -1.83. The molecule has 4 nitrogen and oxygen atoms in total. The number of carbonyl (C=O) groups excluding carboxylic acids is 2. The van der Waals surface area contributed by atoms with Gasteiger partial charge in [-0.25, -0.2) is 9.18 Å². The number of alkyl halides is 4. The highest BCUT2D eigenvalue weighted by Gasteiger charge is 2.31. The van der Waals surface area contributed by atoms with Gasteiger partial charge in [-0.2, -0.15) is 13.2 Å². The molecule has 20 heavy (non-hydrogen) atoms. The number of hydrogen-bond donors (Lipinski definition) is 2. The van der Waals surface area contributed by atoms with Crippen molar-refractivity contribution in [2.24, 2.45) is 0 Å². The molecule has 0 spiro atoms. The van der Waals surface area contributed by atoms with Gasteiger partial charge in [-0.15, -0.1) is 11.6 Å². The molecule has 0 heterocycles. The first-order valence-electron chi connectivity index (χ1n) is 5.24. The summed E-state index contributed by atoms with van der Waals surface area (Å²) in [6.45, 7) is 1.29. The van der Waals surface area contributed by atoms with Crippen molar-refractivity contribution in [3.05, 3.63) is 29.6 Å². The van der Waals surface area contributed by atoms with Crippen molar-refractivity contribution < 1.29 is 27.2 Å². The number of urea groups is 1. The van der Waals surface area contributed by atoms with Crippen LogP contribution in [0.25, 0.3) is 0 Å². The van der Waals surface area contributed by atoms with Gasteiger partial charge in [0, 0.05) is 0 Å². The number of anilines is 1. The number of amides is 3. The summed E-state index contributed by atoms with van der Waals surface area (Å²) in [6.07, 6.45) is -4.68. The molecule has 0 aliphatic heterocycles. The average molecular weight is 313 g/mol. The van der Waals surface area contributed by atoms with Crippen LogP contribution in [0.3, 0.4) is 0 Å². The van der Waals surface area contributed by atoms with E-state index in [9.17, 15) is 27.2 Å². The van der Waals surface area contributed by atoms with Gasteiger partial charge in [-0.3, -0.25) is 10.1 Å². The molecule has 1 atom stereocenters. The van der Waals surface area contributed by atoms with Crippen LogP contribution in [0.15, 0.2) is 18.2 Å². The molecule has 0 saturated heterocycles. The zero-order valence-corrected chi connectivity index (χ0v) is 10.8. The van der Waals surface area contributed by atoms with Gasteiger partial charge >= 0.3 is 12.2 Å². The van der Waals surface area contributed by atoms with E-state index in [2.05, 4.69) is 0 Å². The lowest BCUT2D eigenvalue weighted by Crippen LogP contribution is -2.38. The maximum Gasteiger partial charge on any atom is 0.416 e. The van der Waals surface area contributed by atoms with Crippen LogP contribution in [-0.4, -0.2) is 17.3 Å². The van der Waals surface area contributed by atoms with E-state index in [4.69, 9.17) is 11.6 Å². The van der Waals surface area contributed by atoms with Crippen LogP contribution >= 0.6 is 11.6 Å². The van der Waals surface area contributed by atoms with Gasteiger partial charge in [0.05, 0.1) is 11.3 Å². The van der Waals surface area contributed by atoms with Crippen molar-refractivity contribution in [1.82, 2.24) is 5.32 Å². The lowest BCUT2D eigenvalue weighted by atomic mass is 10.2. The second-order valence-corrected chi connectivity index (χ2v) is 4.41. The molecule has 0 aliphatic rings. The molecule has 3 amide bonds. The smallest absolute Gasteiger partial charge is 0.305 e. The van der Waals surface area contributed by atoms with Gasteiger partial charge in [0.1, 0.15) is 11.2 Å². The molecule has 0 aromatic heterocycles. The third-order valence-electron chi connectivity index (χ3n) is 2.14. The van der Waals surface area contributed by atoms with Crippen LogP contribution in [0.4, 0.5) is 28.0 Å². The number of nitrogens with one attached hydrogen (secondary N) is 2. The minimum atomic E-state index is -4.68. The summed E-state index contributed by atoms with van der Waals surface area (Å²) in [4.78, 5) is 22.4. The minimum Gasteiger partial charge on any atom is -0.305 e. The van der Waals surface area contributed by atoms with Crippen LogP contribution in [0.1, 0.15) is 12.5 Å². The predicted octanol–water partition coefficient (Wildman–Crippen LogP) is 3.12. The molecule has 9 heteroatoms. The SMILES string of the molecule is CC(Cl)C(=O)NC(=O)Nc1cc(C(F)(F)F)ccc1F. The van der Waals surface area contributed by atoms with Crippen molar-refractivity contribution in [3.8, 4) is 0 Å². The zero-order valence-electron chi connectivity index (χ0n) is 10.0. The molecule has 1 rings (SSSR count). The highest BCUT2D eigenvalue weighted by atomic mass is 35.5. The van der Waals surface area contributed by atoms with Crippen LogP contribution in [0.2, 0.25) is 0 Å². The van der Waals surface area contributed by atoms with Gasteiger partial charge in [-0.05, 0) is 25.1 Å². The van der Waals surface area contributed by atoms with Gasteiger partial charge in [0.2, 0.25) is 5.91 Å². The van der Waals surface area contributed by atoms with Crippen molar-refractivity contribution in [2.45, 2.75) is 18.5 Å². The second-order valence-electron chi connectivity index (χ2n) is 3.75. The van der Waals surface area contributed by atoms with E-state index in [-0.39, 0.29) is 0 Å². The Bertz CT molecular complexity index is 532. The first-order chi connectivity index (χ1) is 9.11. The zero-order chi connectivity index (χ0) is 15.5. The first-order valence-corrected chi connectivity index (χ1v) is 5.67. The molecular weight excluding hydrogens is 304 g/mol. The van der Waals surface area contributed by atoms with Gasteiger partial charge < -0.3 is 5.32 Å². The summed E-state index contributed by atoms with van der Waals surface area (Å²) in [6, 6.07) is 0.332. The minimum absolute atomic E-state index is 0.420. The Balaban J connectivity index is 2.87. The molecule has 110 valence electrons. The fourth-order valence-electron chi connectivity index (χ4n) is 1.16. The maximum atomic E-state index is 13.3. The number of rotatable bonds is 2. The number of imide groups is 1. The fraction of sp³-hybridized carbons (Fsp3) is 0.273. The van der Waals surface area contributed by atoms with Crippen molar-refractivity contribution in [1.29, 1.82) is 0 Å². The molecule has 0 radical (unpaired) electrons. The van der Waals surface area contributed by atoms with E-state index >= 15 is 0 Å². The molecule has 0 aliphatic carbocycles. The van der Waals surface area contributed by atoms with Crippen molar-refractivity contribution in [2.75, 3.05) is 5.32 Å². The normalized spacial score (nSPS) is 12.7. The highest BCUT2D eigenvalue weighted by molar-refractivity contribution is 6.31. The molecule has 0 fully saturated rings. The Hall–Kier alpha value is -1.83. The van der Waals surface area contributed by atoms with E-state index in [0.717, 1.165) is 0 Å². The summed E-state index contributed by atoms with van der Waals surface area (Å²) in [7, 11) is 0. The van der Waals surface area contributed by atoms with E-state index in [1.807, 2.05) is 0 Å². The number of halogens is 5. The average Bonchev–Trinajstić information content (AvgIpc) is 2.30. The molecule has 2 N–H and O–H groups in total. The summed E-state index contributed by atoms with van der Waals surface area (Å²) in [5, 5.41) is 2.53. The van der Waals surface area contributed by atoms with Gasteiger partial charge in [0.15, 0.2) is 0 Å². The summed E-state index contributed by atoms with van der Waals surface area (Å²) >= 11 is 5.38. The van der Waals surface area contributed by atoms with Crippen LogP contribution in [-0.2, 0) is 11.0 Å². The first kappa shape index (κ1) is 16.2. The maximum absolute atomic E-state index is 13.3. The monoisotopic (exact) mass is 312 g/mol. The van der Waals surface area contributed by atoms with Crippen molar-refractivity contribution in [3.63, 3.8) is 0 Å². The summed E-state index contributed by atoms with van der Waals surface area (Å²) < 4.78 is 50.6. The lowest BCUT2D eigenvalue weighted by Gasteiger charge is -2.11.